The van der Waals surface area contributed by atoms with E-state index in [4.69, 9.17) is 20.0 Å². The molecule has 0 unspecified atom stereocenters. The quantitative estimate of drug-likeness (QED) is 0.803. The number of benzene rings is 1. The van der Waals surface area contributed by atoms with E-state index in [-0.39, 0.29) is 5.57 Å². The van der Waals surface area contributed by atoms with E-state index in [2.05, 4.69) is 5.32 Å². The van der Waals surface area contributed by atoms with Gasteiger partial charge in [-0.1, -0.05) is 0 Å². The van der Waals surface area contributed by atoms with Crippen molar-refractivity contribution in [2.45, 2.75) is 6.42 Å². The Morgan fingerprint density at radius 3 is 2.61 bits per heavy atom. The molecule has 0 saturated heterocycles. The Bertz CT molecular complexity index is 536. The standard InChI is InChI=1S/C13H11N3O2/c14-7-10(8-15)9-16-11-2-3-12-13(6-11)18-5-1-4-17-12/h2-3,6,9,16H,1,4-5H2. The lowest BCUT2D eigenvalue weighted by molar-refractivity contribution is 0.297. The number of allylic oxidation sites excluding steroid dienone is 1. The van der Waals surface area contributed by atoms with Crippen molar-refractivity contribution in [2.24, 2.45) is 0 Å². The molecule has 1 aliphatic heterocycles. The van der Waals surface area contributed by atoms with Gasteiger partial charge in [0.15, 0.2) is 11.5 Å². The fourth-order valence-electron chi connectivity index (χ4n) is 1.50. The Hall–Kier alpha value is -2.66. The monoisotopic (exact) mass is 241 g/mol. The minimum absolute atomic E-state index is 0.0158. The number of hydrogen-bond acceptors (Lipinski definition) is 5. The Morgan fingerprint density at radius 2 is 1.89 bits per heavy atom. The van der Waals surface area contributed by atoms with Crippen LogP contribution in [0.25, 0.3) is 0 Å². The van der Waals surface area contributed by atoms with E-state index < -0.39 is 0 Å². The molecule has 18 heavy (non-hydrogen) atoms. The number of rotatable bonds is 2. The molecule has 5 heteroatoms. The van der Waals surface area contributed by atoms with Crippen molar-refractivity contribution < 1.29 is 9.47 Å². The van der Waals surface area contributed by atoms with Crippen LogP contribution in [-0.4, -0.2) is 13.2 Å². The SMILES string of the molecule is N#CC(C#N)=CNc1ccc2c(c1)OCCCO2. The van der Waals surface area contributed by atoms with Crippen molar-refractivity contribution in [1.82, 2.24) is 0 Å². The molecule has 1 aliphatic rings. The van der Waals surface area contributed by atoms with Crippen molar-refractivity contribution in [3.8, 4) is 23.6 Å². The Balaban J connectivity index is 2.17. The van der Waals surface area contributed by atoms with E-state index in [1.54, 1.807) is 30.3 Å². The third-order valence-corrected chi connectivity index (χ3v) is 2.37. The summed E-state index contributed by atoms with van der Waals surface area (Å²) in [5.74, 6) is 1.38. The van der Waals surface area contributed by atoms with Crippen molar-refractivity contribution >= 4 is 5.69 Å². The predicted octanol–water partition coefficient (Wildman–Crippen LogP) is 2.19. The van der Waals surface area contributed by atoms with E-state index in [1.165, 1.54) is 6.20 Å². The van der Waals surface area contributed by atoms with Crippen molar-refractivity contribution in [2.75, 3.05) is 18.5 Å². The van der Waals surface area contributed by atoms with Gasteiger partial charge in [-0.3, -0.25) is 0 Å². The Labute approximate surface area is 105 Å². The molecule has 0 bridgehead atoms. The number of ether oxygens (including phenoxy) is 2. The number of nitrogens with zero attached hydrogens (tertiary/aromatic N) is 2. The van der Waals surface area contributed by atoms with Crippen LogP contribution in [0, 0.1) is 22.7 Å². The first-order valence-corrected chi connectivity index (χ1v) is 5.50. The summed E-state index contributed by atoms with van der Waals surface area (Å²) in [5, 5.41) is 20.1. The van der Waals surface area contributed by atoms with Crippen LogP contribution in [0.1, 0.15) is 6.42 Å². The average Bonchev–Trinajstić information content (AvgIpc) is 2.64. The number of anilines is 1. The van der Waals surface area contributed by atoms with Gasteiger partial charge in [0.2, 0.25) is 0 Å². The first-order valence-electron chi connectivity index (χ1n) is 5.50. The van der Waals surface area contributed by atoms with Crippen molar-refractivity contribution in [3.05, 3.63) is 30.0 Å². The zero-order chi connectivity index (χ0) is 12.8. The zero-order valence-corrected chi connectivity index (χ0v) is 9.64. The highest BCUT2D eigenvalue weighted by Crippen LogP contribution is 2.32. The molecule has 0 radical (unpaired) electrons. The number of nitrogens with one attached hydrogen (secondary N) is 1. The summed E-state index contributed by atoms with van der Waals surface area (Å²) >= 11 is 0. The molecule has 1 heterocycles. The van der Waals surface area contributed by atoms with Gasteiger partial charge < -0.3 is 14.8 Å². The molecule has 0 aromatic heterocycles. The fraction of sp³-hybridized carbons (Fsp3) is 0.231. The lowest BCUT2D eigenvalue weighted by Crippen LogP contribution is -1.97. The van der Waals surface area contributed by atoms with Crippen LogP contribution in [0.4, 0.5) is 5.69 Å². The highest BCUT2D eigenvalue weighted by atomic mass is 16.5. The topological polar surface area (TPSA) is 78.1 Å². The summed E-state index contributed by atoms with van der Waals surface area (Å²) in [7, 11) is 0. The maximum absolute atomic E-state index is 8.61. The van der Waals surface area contributed by atoms with Crippen LogP contribution in [0.2, 0.25) is 0 Å². The highest BCUT2D eigenvalue weighted by molar-refractivity contribution is 5.57. The molecule has 1 aromatic carbocycles. The fourth-order valence-corrected chi connectivity index (χ4v) is 1.50. The molecule has 0 amide bonds. The van der Waals surface area contributed by atoms with Crippen LogP contribution in [-0.2, 0) is 0 Å². The van der Waals surface area contributed by atoms with E-state index in [0.29, 0.717) is 24.7 Å². The lowest BCUT2D eigenvalue weighted by atomic mass is 10.2. The largest absolute Gasteiger partial charge is 0.490 e. The van der Waals surface area contributed by atoms with Gasteiger partial charge in [0.05, 0.1) is 13.2 Å². The molecule has 0 aliphatic carbocycles. The van der Waals surface area contributed by atoms with Crippen molar-refractivity contribution in [1.29, 1.82) is 10.5 Å². The summed E-state index contributed by atoms with van der Waals surface area (Å²) in [4.78, 5) is 0. The summed E-state index contributed by atoms with van der Waals surface area (Å²) in [5.41, 5.74) is 0.754. The van der Waals surface area contributed by atoms with Crippen LogP contribution in [0.5, 0.6) is 11.5 Å². The maximum atomic E-state index is 8.61. The van der Waals surface area contributed by atoms with Crippen LogP contribution in [0.15, 0.2) is 30.0 Å². The van der Waals surface area contributed by atoms with E-state index in [9.17, 15) is 0 Å². The predicted molar refractivity (Wildman–Crippen MR) is 65.0 cm³/mol. The van der Waals surface area contributed by atoms with Gasteiger partial charge in [0.25, 0.3) is 0 Å². The third kappa shape index (κ3) is 2.72. The number of hydrogen-bond donors (Lipinski definition) is 1. The normalized spacial score (nSPS) is 12.6. The van der Waals surface area contributed by atoms with Gasteiger partial charge in [-0.15, -0.1) is 0 Å². The van der Waals surface area contributed by atoms with Crippen molar-refractivity contribution in [3.63, 3.8) is 0 Å². The van der Waals surface area contributed by atoms with Crippen LogP contribution < -0.4 is 14.8 Å². The number of nitriles is 2. The maximum Gasteiger partial charge on any atom is 0.163 e. The van der Waals surface area contributed by atoms with E-state index in [0.717, 1.165) is 12.1 Å². The average molecular weight is 241 g/mol. The Morgan fingerprint density at radius 1 is 1.17 bits per heavy atom. The second kappa shape index (κ2) is 5.60. The molecule has 1 aromatic rings. The smallest absolute Gasteiger partial charge is 0.163 e. The van der Waals surface area contributed by atoms with Gasteiger partial charge in [-0.2, -0.15) is 10.5 Å². The second-order valence-electron chi connectivity index (χ2n) is 3.64. The molecule has 2 rings (SSSR count). The Kier molecular flexibility index (Phi) is 3.68. The minimum Gasteiger partial charge on any atom is -0.490 e. The van der Waals surface area contributed by atoms with Gasteiger partial charge in [0, 0.05) is 24.4 Å². The first kappa shape index (κ1) is 11.8. The van der Waals surface area contributed by atoms with Crippen LogP contribution in [0.3, 0.4) is 0 Å². The summed E-state index contributed by atoms with van der Waals surface area (Å²) in [6.07, 6.45) is 2.21. The molecular weight excluding hydrogens is 230 g/mol. The first-order chi connectivity index (χ1) is 8.83. The summed E-state index contributed by atoms with van der Waals surface area (Å²) in [6, 6.07) is 8.94. The molecule has 0 saturated carbocycles. The second-order valence-corrected chi connectivity index (χ2v) is 3.64. The molecular formula is C13H11N3O2. The zero-order valence-electron chi connectivity index (χ0n) is 9.64. The molecule has 5 nitrogen and oxygen atoms in total. The third-order valence-electron chi connectivity index (χ3n) is 2.37. The highest BCUT2D eigenvalue weighted by Gasteiger charge is 2.10. The van der Waals surface area contributed by atoms with Gasteiger partial charge in [0.1, 0.15) is 17.7 Å². The van der Waals surface area contributed by atoms with Gasteiger partial charge in [-0.05, 0) is 12.1 Å². The van der Waals surface area contributed by atoms with Crippen LogP contribution >= 0.6 is 0 Å². The number of fused-ring (bicyclic) bond motifs is 1. The minimum atomic E-state index is 0.0158. The van der Waals surface area contributed by atoms with E-state index >= 15 is 0 Å². The molecule has 0 spiro atoms. The molecule has 90 valence electrons. The van der Waals surface area contributed by atoms with Gasteiger partial charge >= 0.3 is 0 Å². The summed E-state index contributed by atoms with van der Waals surface area (Å²) < 4.78 is 11.0. The molecule has 0 atom stereocenters. The summed E-state index contributed by atoms with van der Waals surface area (Å²) in [6.45, 7) is 1.26. The molecule has 1 N–H and O–H groups in total. The van der Waals surface area contributed by atoms with E-state index in [1.807, 2.05) is 0 Å². The van der Waals surface area contributed by atoms with Gasteiger partial charge in [-0.25, -0.2) is 0 Å². The lowest BCUT2D eigenvalue weighted by Gasteiger charge is -2.08. The molecule has 0 fully saturated rings.